The third kappa shape index (κ3) is 1.30. The molecular weight excluding hydrogens is 247 g/mol. The smallest absolute Gasteiger partial charge is 0.267 e. The van der Waals surface area contributed by atoms with Crippen molar-refractivity contribution in [3.8, 4) is 0 Å². The van der Waals surface area contributed by atoms with Crippen LogP contribution in [0.5, 0.6) is 0 Å². The quantitative estimate of drug-likeness (QED) is 0.684. The van der Waals surface area contributed by atoms with Gasteiger partial charge in [0.25, 0.3) is 11.1 Å². The van der Waals surface area contributed by atoms with Crippen molar-refractivity contribution < 1.29 is 0 Å². The summed E-state index contributed by atoms with van der Waals surface area (Å²) in [7, 11) is -0.383. The Hall–Kier alpha value is -1.41. The molecule has 1 aliphatic heterocycles. The zero-order valence-corrected chi connectivity index (χ0v) is 11.5. The molecule has 1 aliphatic rings. The Morgan fingerprint density at radius 2 is 1.33 bits per heavy atom. The van der Waals surface area contributed by atoms with E-state index in [0.717, 1.165) is 0 Å². The van der Waals surface area contributed by atoms with Crippen LogP contribution in [0, 0.1) is 0 Å². The minimum Gasteiger partial charge on any atom is -0.267 e. The molecule has 0 N–H and O–H groups in total. The molecule has 3 rings (SSSR count). The Bertz CT molecular complexity index is 684. The lowest BCUT2D eigenvalue weighted by Gasteiger charge is -2.12. The molecule has 2 atom stereocenters. The molecule has 2 heterocycles. The average Bonchev–Trinajstić information content (AvgIpc) is 2.61. The van der Waals surface area contributed by atoms with Crippen molar-refractivity contribution in [3.05, 3.63) is 45.0 Å². The van der Waals surface area contributed by atoms with Crippen molar-refractivity contribution in [1.82, 2.24) is 9.36 Å². The number of rotatable bonds is 0. The number of hydrogen-bond donors (Lipinski definition) is 0. The lowest BCUT2D eigenvalue weighted by atomic mass is 10.2. The van der Waals surface area contributed by atoms with Crippen molar-refractivity contribution in [3.63, 3.8) is 0 Å². The Kier molecular flexibility index (Phi) is 2.46. The first kappa shape index (κ1) is 11.7. The van der Waals surface area contributed by atoms with Crippen LogP contribution in [-0.4, -0.2) is 16.0 Å². The van der Waals surface area contributed by atoms with E-state index in [1.54, 1.807) is 33.6 Å². The van der Waals surface area contributed by atoms with Gasteiger partial charge in [-0.25, -0.2) is 9.36 Å². The van der Waals surface area contributed by atoms with Gasteiger partial charge in [-0.15, -0.1) is 0 Å². The SMILES string of the molecule is C[C@H]1n2c(=O)c3ccccc3c(=O)n2[C@H](C)P1C. The van der Waals surface area contributed by atoms with Gasteiger partial charge in [-0.1, -0.05) is 20.1 Å². The molecule has 4 nitrogen and oxygen atoms in total. The summed E-state index contributed by atoms with van der Waals surface area (Å²) in [4.78, 5) is 25.0. The van der Waals surface area contributed by atoms with E-state index in [4.69, 9.17) is 0 Å². The third-order valence-electron chi connectivity index (χ3n) is 3.92. The van der Waals surface area contributed by atoms with Crippen LogP contribution in [0.15, 0.2) is 33.9 Å². The highest BCUT2D eigenvalue weighted by molar-refractivity contribution is 7.57. The zero-order valence-electron chi connectivity index (χ0n) is 10.6. The van der Waals surface area contributed by atoms with Crippen molar-refractivity contribution in [2.75, 3.05) is 6.66 Å². The van der Waals surface area contributed by atoms with Gasteiger partial charge in [-0.2, -0.15) is 0 Å². The highest BCUT2D eigenvalue weighted by Crippen LogP contribution is 2.57. The summed E-state index contributed by atoms with van der Waals surface area (Å²) >= 11 is 0. The molecule has 0 radical (unpaired) electrons. The van der Waals surface area contributed by atoms with E-state index >= 15 is 0 Å². The first-order valence-corrected chi connectivity index (χ1v) is 7.94. The number of nitrogens with zero attached hydrogens (tertiary/aromatic N) is 2. The van der Waals surface area contributed by atoms with Gasteiger partial charge in [0.15, 0.2) is 0 Å². The maximum absolute atomic E-state index is 12.5. The first-order chi connectivity index (χ1) is 8.54. The van der Waals surface area contributed by atoms with Crippen molar-refractivity contribution in [1.29, 1.82) is 0 Å². The molecule has 94 valence electrons. The summed E-state index contributed by atoms with van der Waals surface area (Å²) in [6.45, 7) is 6.21. The van der Waals surface area contributed by atoms with Crippen LogP contribution in [0.1, 0.15) is 25.4 Å². The van der Waals surface area contributed by atoms with Gasteiger partial charge in [0.2, 0.25) is 0 Å². The van der Waals surface area contributed by atoms with Gasteiger partial charge in [0, 0.05) is 0 Å². The number of fused-ring (bicyclic) bond motifs is 2. The van der Waals surface area contributed by atoms with Gasteiger partial charge >= 0.3 is 0 Å². The second-order valence-electron chi connectivity index (χ2n) is 4.77. The monoisotopic (exact) mass is 262 g/mol. The zero-order chi connectivity index (χ0) is 13.0. The third-order valence-corrected chi connectivity index (χ3v) is 6.72. The molecule has 1 aromatic carbocycles. The Balaban J connectivity index is 2.55. The van der Waals surface area contributed by atoms with Crippen LogP contribution in [-0.2, 0) is 0 Å². The summed E-state index contributed by atoms with van der Waals surface area (Å²) in [5, 5.41) is 1.06. The van der Waals surface area contributed by atoms with Gasteiger partial charge < -0.3 is 0 Å². The van der Waals surface area contributed by atoms with Gasteiger partial charge in [-0.05, 0) is 32.6 Å². The molecule has 0 spiro atoms. The average molecular weight is 262 g/mol. The highest BCUT2D eigenvalue weighted by Gasteiger charge is 2.34. The predicted octanol–water partition coefficient (Wildman–Crippen LogP) is 2.33. The fourth-order valence-corrected chi connectivity index (χ4v) is 4.40. The molecule has 1 aromatic heterocycles. The molecular formula is C13H15N2O2P. The molecule has 0 saturated heterocycles. The van der Waals surface area contributed by atoms with Crippen molar-refractivity contribution >= 4 is 18.7 Å². The van der Waals surface area contributed by atoms with Gasteiger partial charge in [0.05, 0.1) is 22.3 Å². The predicted molar refractivity (Wildman–Crippen MR) is 74.7 cm³/mol. The van der Waals surface area contributed by atoms with Crippen LogP contribution in [0.4, 0.5) is 0 Å². The van der Waals surface area contributed by atoms with E-state index in [1.165, 1.54) is 0 Å². The normalized spacial score (nSPS) is 23.5. The van der Waals surface area contributed by atoms with Gasteiger partial charge in [0.1, 0.15) is 0 Å². The lowest BCUT2D eigenvalue weighted by molar-refractivity contribution is 0.471. The van der Waals surface area contributed by atoms with Crippen LogP contribution in [0.3, 0.4) is 0 Å². The standard InChI is InChI=1S/C13H15N2O2P/c1-8-14-12(16)10-6-4-5-7-11(10)13(17)15(14)9(2)18(8)3/h4-9H,1-3H3/t8-,9-/m0/s1. The largest absolute Gasteiger partial charge is 0.273 e. The summed E-state index contributed by atoms with van der Waals surface area (Å²) in [5.41, 5.74) is -0.0900. The van der Waals surface area contributed by atoms with E-state index in [0.29, 0.717) is 10.8 Å². The second kappa shape index (κ2) is 3.79. The molecule has 5 heteroatoms. The maximum Gasteiger partial charge on any atom is 0.273 e. The number of benzene rings is 1. The summed E-state index contributed by atoms with van der Waals surface area (Å²) in [5.74, 6) is 0.250. The number of hydrogen-bond acceptors (Lipinski definition) is 2. The Labute approximate surface area is 106 Å². The highest BCUT2D eigenvalue weighted by atomic mass is 31.1. The Morgan fingerprint density at radius 1 is 0.944 bits per heavy atom. The molecule has 0 fully saturated rings. The fraction of sp³-hybridized carbons (Fsp3) is 0.385. The number of aromatic nitrogens is 2. The molecule has 0 aliphatic carbocycles. The summed E-state index contributed by atoms with van der Waals surface area (Å²) in [6.07, 6.45) is 0. The van der Waals surface area contributed by atoms with Crippen LogP contribution >= 0.6 is 7.92 Å². The van der Waals surface area contributed by atoms with E-state index in [-0.39, 0.29) is 30.6 Å². The second-order valence-corrected chi connectivity index (χ2v) is 7.60. The van der Waals surface area contributed by atoms with Gasteiger partial charge in [-0.3, -0.25) is 9.59 Å². The molecule has 0 unspecified atom stereocenters. The van der Waals surface area contributed by atoms with Crippen LogP contribution in [0.2, 0.25) is 0 Å². The minimum absolute atomic E-state index is 0.0450. The van der Waals surface area contributed by atoms with Crippen molar-refractivity contribution in [2.45, 2.75) is 25.4 Å². The fourth-order valence-electron chi connectivity index (χ4n) is 2.66. The van der Waals surface area contributed by atoms with Crippen LogP contribution < -0.4 is 11.1 Å². The maximum atomic E-state index is 12.5. The summed E-state index contributed by atoms with van der Waals surface area (Å²) < 4.78 is 3.31. The first-order valence-electron chi connectivity index (χ1n) is 6.02. The molecule has 18 heavy (non-hydrogen) atoms. The topological polar surface area (TPSA) is 44.0 Å². The lowest BCUT2D eigenvalue weighted by Crippen LogP contribution is -2.36. The Morgan fingerprint density at radius 3 is 1.72 bits per heavy atom. The molecule has 2 aromatic rings. The molecule has 0 amide bonds. The molecule has 0 saturated carbocycles. The van der Waals surface area contributed by atoms with E-state index in [2.05, 4.69) is 6.66 Å². The van der Waals surface area contributed by atoms with E-state index in [1.807, 2.05) is 13.8 Å². The minimum atomic E-state index is -0.383. The van der Waals surface area contributed by atoms with E-state index in [9.17, 15) is 9.59 Å². The summed E-state index contributed by atoms with van der Waals surface area (Å²) in [6, 6.07) is 7.08. The van der Waals surface area contributed by atoms with E-state index < -0.39 is 0 Å². The molecule has 0 bridgehead atoms. The van der Waals surface area contributed by atoms with Crippen molar-refractivity contribution in [2.24, 2.45) is 0 Å². The van der Waals surface area contributed by atoms with Crippen LogP contribution in [0.25, 0.3) is 10.8 Å².